The summed E-state index contributed by atoms with van der Waals surface area (Å²) < 4.78 is 26.6. The van der Waals surface area contributed by atoms with Crippen LogP contribution in [0, 0.1) is 0 Å². The molecule has 280 valence electrons. The fourth-order valence-electron chi connectivity index (χ4n) is 4.80. The van der Waals surface area contributed by atoms with Gasteiger partial charge in [-0.3, -0.25) is 18.6 Å². The number of phosphoric acid groups is 1. The number of carbonyl (C=O) groups excluding carboxylic acids is 2. The Morgan fingerprint density at radius 3 is 1.75 bits per heavy atom. The molecule has 0 aliphatic rings. The molecule has 0 saturated heterocycles. The molecule has 0 aromatic rings. The molecular weight excluding hydrogens is 637 g/mol. The van der Waals surface area contributed by atoms with Crippen LogP contribution < -0.4 is 5.32 Å². The second-order valence-electron chi connectivity index (χ2n) is 12.4. The Labute approximate surface area is 289 Å². The van der Waals surface area contributed by atoms with Crippen LogP contribution in [0.1, 0.15) is 155 Å². The maximum Gasteiger partial charge on any atom is 0.472 e. The second-order valence-corrected chi connectivity index (χ2v) is 13.9. The number of esters is 1. The molecule has 0 fully saturated rings. The first-order valence-corrected chi connectivity index (χ1v) is 19.9. The van der Waals surface area contributed by atoms with E-state index in [4.69, 9.17) is 13.8 Å². The number of carboxylic acid groups (broad SMARTS) is 1. The van der Waals surface area contributed by atoms with Crippen molar-refractivity contribution in [1.82, 2.24) is 5.32 Å². The van der Waals surface area contributed by atoms with Crippen LogP contribution in [-0.2, 0) is 32.7 Å². The molecule has 3 atom stereocenters. The molecule has 0 radical (unpaired) electrons. The van der Waals surface area contributed by atoms with Crippen molar-refractivity contribution in [3.8, 4) is 0 Å². The molecule has 0 rings (SSSR count). The monoisotopic (exact) mass is 703 g/mol. The van der Waals surface area contributed by atoms with E-state index in [2.05, 4.69) is 43.5 Å². The Morgan fingerprint density at radius 1 is 0.667 bits per heavy atom. The number of amides is 1. The summed E-state index contributed by atoms with van der Waals surface area (Å²) in [5.74, 6) is -2.39. The number of hydrogen-bond acceptors (Lipinski definition) is 8. The minimum Gasteiger partial charge on any atom is -0.480 e. The van der Waals surface area contributed by atoms with Gasteiger partial charge in [0.25, 0.3) is 0 Å². The molecule has 4 N–H and O–H groups in total. The molecule has 0 heterocycles. The number of nitrogens with one attached hydrogen (secondary N) is 1. The minimum atomic E-state index is -4.75. The lowest BCUT2D eigenvalue weighted by atomic mass is 10.1. The van der Waals surface area contributed by atoms with E-state index in [1.165, 1.54) is 51.4 Å². The third kappa shape index (κ3) is 31.2. The van der Waals surface area contributed by atoms with Crippen LogP contribution in [0.25, 0.3) is 0 Å². The Balaban J connectivity index is 4.02. The SMILES string of the molecule is CCCC/C=C\C/C=C\CCCCCCCC(=O)NC(COP(=O)(O)OCC(O)COC(=O)CCCCCCCCCCCC)C(=O)O. The zero-order valence-corrected chi connectivity index (χ0v) is 30.7. The molecule has 0 spiro atoms. The number of allylic oxidation sites excluding steroid dienone is 4. The van der Waals surface area contributed by atoms with Crippen LogP contribution in [0.15, 0.2) is 24.3 Å². The zero-order chi connectivity index (χ0) is 35.7. The van der Waals surface area contributed by atoms with Gasteiger partial charge >= 0.3 is 19.8 Å². The Hall–Kier alpha value is -2.04. The van der Waals surface area contributed by atoms with Gasteiger partial charge in [0.05, 0.1) is 13.2 Å². The van der Waals surface area contributed by atoms with E-state index in [-0.39, 0.29) is 12.8 Å². The fraction of sp³-hybridized carbons (Fsp3) is 0.806. The largest absolute Gasteiger partial charge is 0.480 e. The topological polar surface area (TPSA) is 169 Å². The lowest BCUT2D eigenvalue weighted by molar-refractivity contribution is -0.147. The molecule has 48 heavy (non-hydrogen) atoms. The van der Waals surface area contributed by atoms with Crippen molar-refractivity contribution in [2.75, 3.05) is 19.8 Å². The average molecular weight is 704 g/mol. The number of aliphatic carboxylic acids is 1. The molecular formula is C36H66NO10P. The first-order valence-electron chi connectivity index (χ1n) is 18.4. The van der Waals surface area contributed by atoms with Gasteiger partial charge in [-0.15, -0.1) is 0 Å². The van der Waals surface area contributed by atoms with Crippen LogP contribution in [0.4, 0.5) is 0 Å². The van der Waals surface area contributed by atoms with Crippen molar-refractivity contribution in [3.05, 3.63) is 24.3 Å². The molecule has 11 nitrogen and oxygen atoms in total. The smallest absolute Gasteiger partial charge is 0.472 e. The van der Waals surface area contributed by atoms with Gasteiger partial charge in [-0.2, -0.15) is 0 Å². The van der Waals surface area contributed by atoms with Gasteiger partial charge in [0.1, 0.15) is 12.7 Å². The molecule has 0 aliphatic carbocycles. The highest BCUT2D eigenvalue weighted by Gasteiger charge is 2.28. The van der Waals surface area contributed by atoms with Crippen molar-refractivity contribution >= 4 is 25.7 Å². The summed E-state index contributed by atoms with van der Waals surface area (Å²) in [6.07, 6.45) is 29.3. The average Bonchev–Trinajstić information content (AvgIpc) is 3.05. The van der Waals surface area contributed by atoms with Gasteiger partial charge in [0, 0.05) is 12.8 Å². The first-order chi connectivity index (χ1) is 23.1. The van der Waals surface area contributed by atoms with Gasteiger partial charge in [-0.1, -0.05) is 128 Å². The second kappa shape index (κ2) is 32.2. The molecule has 0 aromatic carbocycles. The first kappa shape index (κ1) is 46.0. The van der Waals surface area contributed by atoms with Crippen molar-refractivity contribution in [2.24, 2.45) is 0 Å². The minimum absolute atomic E-state index is 0.130. The summed E-state index contributed by atoms with van der Waals surface area (Å²) in [7, 11) is -4.75. The lowest BCUT2D eigenvalue weighted by Crippen LogP contribution is -2.43. The zero-order valence-electron chi connectivity index (χ0n) is 29.8. The molecule has 0 saturated carbocycles. The summed E-state index contributed by atoms with van der Waals surface area (Å²) in [4.78, 5) is 45.6. The maximum atomic E-state index is 12.2. The van der Waals surface area contributed by atoms with Crippen LogP contribution in [0.5, 0.6) is 0 Å². The summed E-state index contributed by atoms with van der Waals surface area (Å²) in [6.45, 7) is 2.49. The van der Waals surface area contributed by atoms with E-state index in [9.17, 15) is 34.1 Å². The Morgan fingerprint density at radius 2 is 1.17 bits per heavy atom. The van der Waals surface area contributed by atoms with Crippen molar-refractivity contribution in [2.45, 2.75) is 167 Å². The molecule has 12 heteroatoms. The summed E-state index contributed by atoms with van der Waals surface area (Å²) in [6, 6.07) is -1.55. The van der Waals surface area contributed by atoms with Crippen LogP contribution in [0.2, 0.25) is 0 Å². The van der Waals surface area contributed by atoms with Crippen molar-refractivity contribution < 1.29 is 47.8 Å². The highest BCUT2D eigenvalue weighted by Crippen LogP contribution is 2.43. The third-order valence-electron chi connectivity index (χ3n) is 7.74. The predicted octanol–water partition coefficient (Wildman–Crippen LogP) is 8.33. The van der Waals surface area contributed by atoms with Crippen LogP contribution in [0.3, 0.4) is 0 Å². The van der Waals surface area contributed by atoms with Gasteiger partial charge < -0.3 is 25.2 Å². The number of hydrogen-bond donors (Lipinski definition) is 4. The van der Waals surface area contributed by atoms with E-state index in [0.717, 1.165) is 64.2 Å². The molecule has 0 bridgehead atoms. The predicted molar refractivity (Wildman–Crippen MR) is 189 cm³/mol. The van der Waals surface area contributed by atoms with E-state index >= 15 is 0 Å². The third-order valence-corrected chi connectivity index (χ3v) is 8.69. The number of carbonyl (C=O) groups is 3. The number of carboxylic acids is 1. The molecule has 0 aliphatic heterocycles. The normalized spacial score (nSPS) is 14.2. The number of aliphatic hydroxyl groups is 1. The number of ether oxygens (including phenoxy) is 1. The van der Waals surface area contributed by atoms with Gasteiger partial charge in [0.2, 0.25) is 5.91 Å². The number of unbranched alkanes of at least 4 members (excludes halogenated alkanes) is 16. The molecule has 3 unspecified atom stereocenters. The van der Waals surface area contributed by atoms with Gasteiger partial charge in [0.15, 0.2) is 6.04 Å². The van der Waals surface area contributed by atoms with Crippen molar-refractivity contribution in [3.63, 3.8) is 0 Å². The van der Waals surface area contributed by atoms with E-state index in [1.54, 1.807) is 0 Å². The van der Waals surface area contributed by atoms with Gasteiger partial charge in [-0.25, -0.2) is 9.36 Å². The number of rotatable bonds is 34. The fourth-order valence-corrected chi connectivity index (χ4v) is 5.57. The lowest BCUT2D eigenvalue weighted by Gasteiger charge is -2.18. The number of aliphatic hydroxyl groups excluding tert-OH is 1. The maximum absolute atomic E-state index is 12.2. The highest BCUT2D eigenvalue weighted by atomic mass is 31.2. The molecule has 1 amide bonds. The quantitative estimate of drug-likeness (QED) is 0.0221. The standard InChI is InChI=1S/C36H66NO10P/c1-3-5-7-9-11-13-15-16-17-18-19-21-23-25-27-34(39)37-33(36(41)42)31-47-48(43,44)46-30-32(38)29-45-35(40)28-26-24-22-20-14-12-10-8-6-4-2/h9,11,15-16,32-33,38H,3-8,10,12-14,17-31H2,1-2H3,(H,37,39)(H,41,42)(H,43,44)/b11-9-,16-15-. The Bertz CT molecular complexity index is 926. The highest BCUT2D eigenvalue weighted by molar-refractivity contribution is 7.47. The summed E-state index contributed by atoms with van der Waals surface area (Å²) >= 11 is 0. The van der Waals surface area contributed by atoms with Crippen molar-refractivity contribution in [1.29, 1.82) is 0 Å². The van der Waals surface area contributed by atoms with Crippen LogP contribution in [-0.4, -0.2) is 64.9 Å². The Kier molecular flexibility index (Phi) is 30.8. The summed E-state index contributed by atoms with van der Waals surface area (Å²) in [5.41, 5.74) is 0. The summed E-state index contributed by atoms with van der Waals surface area (Å²) in [5, 5.41) is 21.7. The number of phosphoric ester groups is 1. The van der Waals surface area contributed by atoms with Crippen LogP contribution >= 0.6 is 7.82 Å². The van der Waals surface area contributed by atoms with E-state index < -0.39 is 57.6 Å². The van der Waals surface area contributed by atoms with E-state index in [1.807, 2.05) is 0 Å². The van der Waals surface area contributed by atoms with Gasteiger partial charge in [-0.05, 0) is 38.5 Å². The van der Waals surface area contributed by atoms with E-state index in [0.29, 0.717) is 12.8 Å². The molecule has 0 aromatic heterocycles.